The van der Waals surface area contributed by atoms with Gasteiger partial charge in [-0.2, -0.15) is 0 Å². The molecule has 124 valence electrons. The van der Waals surface area contributed by atoms with E-state index in [2.05, 4.69) is 10.3 Å². The number of pyridine rings is 1. The minimum Gasteiger partial charge on any atom is -0.384 e. The molecule has 7 heteroatoms. The molecule has 2 atom stereocenters. The Kier molecular flexibility index (Phi) is 3.77. The maximum Gasteiger partial charge on any atom is 0.322 e. The number of halogens is 2. The average Bonchev–Trinajstić information content (AvgIpc) is 2.86. The third kappa shape index (κ3) is 2.58. The van der Waals surface area contributed by atoms with E-state index in [1.54, 1.807) is 24.4 Å². The Morgan fingerprint density at radius 3 is 2.88 bits per heavy atom. The highest BCUT2D eigenvalue weighted by Gasteiger charge is 2.42. The molecule has 2 aromatic rings. The lowest BCUT2D eigenvalue weighted by Gasteiger charge is -2.36. The predicted molar refractivity (Wildman–Crippen MR) is 95.4 cm³/mol. The third-order valence-electron chi connectivity index (χ3n) is 4.77. The molecule has 2 amide bonds. The lowest BCUT2D eigenvalue weighted by Crippen LogP contribution is -2.44. The van der Waals surface area contributed by atoms with Gasteiger partial charge < -0.3 is 16.0 Å². The minimum atomic E-state index is -0.122. The molecule has 2 bridgehead atoms. The number of carbonyl (C=O) groups is 1. The maximum atomic E-state index is 12.8. The van der Waals surface area contributed by atoms with Crippen molar-refractivity contribution in [3.8, 4) is 0 Å². The second kappa shape index (κ2) is 5.83. The molecule has 1 aromatic carbocycles. The van der Waals surface area contributed by atoms with Crippen molar-refractivity contribution in [3.05, 3.63) is 51.6 Å². The number of amides is 2. The molecule has 2 unspecified atom stereocenters. The number of aromatic nitrogens is 1. The Morgan fingerprint density at radius 1 is 1.25 bits per heavy atom. The van der Waals surface area contributed by atoms with Gasteiger partial charge in [0.2, 0.25) is 0 Å². The Hall–Kier alpha value is -1.98. The number of nitrogens with two attached hydrogens (primary N) is 1. The number of benzene rings is 1. The second-order valence-corrected chi connectivity index (χ2v) is 7.04. The summed E-state index contributed by atoms with van der Waals surface area (Å²) >= 11 is 11.9. The van der Waals surface area contributed by atoms with Gasteiger partial charge in [0.1, 0.15) is 5.82 Å². The van der Waals surface area contributed by atoms with E-state index >= 15 is 0 Å². The molecule has 1 aromatic heterocycles. The van der Waals surface area contributed by atoms with Gasteiger partial charge in [0.25, 0.3) is 0 Å². The lowest BCUT2D eigenvalue weighted by atomic mass is 9.95. The fourth-order valence-corrected chi connectivity index (χ4v) is 4.01. The molecule has 24 heavy (non-hydrogen) atoms. The molecule has 1 fully saturated rings. The molecule has 0 spiro atoms. The van der Waals surface area contributed by atoms with Crippen LogP contribution in [0, 0.1) is 0 Å². The van der Waals surface area contributed by atoms with Crippen molar-refractivity contribution in [3.63, 3.8) is 0 Å². The van der Waals surface area contributed by atoms with Crippen LogP contribution < -0.4 is 11.1 Å². The van der Waals surface area contributed by atoms with Gasteiger partial charge in [-0.3, -0.25) is 0 Å². The van der Waals surface area contributed by atoms with E-state index in [0.717, 1.165) is 24.8 Å². The van der Waals surface area contributed by atoms with Crippen LogP contribution in [-0.4, -0.2) is 22.0 Å². The van der Waals surface area contributed by atoms with E-state index in [1.165, 1.54) is 5.56 Å². The predicted octanol–water partition coefficient (Wildman–Crippen LogP) is 4.26. The standard InChI is InChI=1S/C17H16Cl2N4O/c18-13-3-1-10(7-14(13)19)22-17(24)23-11-2-4-15(23)12-8-21-16(20)6-9(12)5-11/h1,3,6-8,11,15H,2,4-5H2,(H2,20,21)(H,22,24). The van der Waals surface area contributed by atoms with Gasteiger partial charge in [0.15, 0.2) is 0 Å². The molecule has 0 radical (unpaired) electrons. The zero-order valence-corrected chi connectivity index (χ0v) is 14.3. The maximum absolute atomic E-state index is 12.8. The first-order chi connectivity index (χ1) is 11.5. The van der Waals surface area contributed by atoms with Gasteiger partial charge in [0, 0.05) is 17.9 Å². The lowest BCUT2D eigenvalue weighted by molar-refractivity contribution is 0.179. The molecular formula is C17H16Cl2N4O. The van der Waals surface area contributed by atoms with Gasteiger partial charge in [0.05, 0.1) is 16.1 Å². The number of anilines is 2. The van der Waals surface area contributed by atoms with Gasteiger partial charge in [-0.05, 0) is 54.7 Å². The summed E-state index contributed by atoms with van der Waals surface area (Å²) in [6.07, 6.45) is 4.54. The Bertz CT molecular complexity index is 826. The highest BCUT2D eigenvalue weighted by atomic mass is 35.5. The summed E-state index contributed by atoms with van der Waals surface area (Å²) in [6.45, 7) is 0. The molecule has 3 heterocycles. The number of nitrogen functional groups attached to an aromatic ring is 1. The average molecular weight is 363 g/mol. The quantitative estimate of drug-likeness (QED) is 0.795. The molecule has 2 aliphatic rings. The number of hydrogen-bond donors (Lipinski definition) is 2. The molecule has 4 rings (SSSR count). The molecule has 3 N–H and O–H groups in total. The largest absolute Gasteiger partial charge is 0.384 e. The number of nitrogens with zero attached hydrogens (tertiary/aromatic N) is 2. The number of carbonyl (C=O) groups excluding carboxylic acids is 1. The van der Waals surface area contributed by atoms with E-state index in [4.69, 9.17) is 28.9 Å². The molecule has 2 aliphatic heterocycles. The minimum absolute atomic E-state index is 0.0506. The van der Waals surface area contributed by atoms with Crippen molar-refractivity contribution in [1.29, 1.82) is 0 Å². The van der Waals surface area contributed by atoms with Crippen LogP contribution in [0.3, 0.4) is 0 Å². The fourth-order valence-electron chi connectivity index (χ4n) is 3.71. The monoisotopic (exact) mass is 362 g/mol. The molecule has 1 saturated heterocycles. The number of nitrogens with one attached hydrogen (secondary N) is 1. The van der Waals surface area contributed by atoms with Gasteiger partial charge >= 0.3 is 6.03 Å². The number of urea groups is 1. The van der Waals surface area contributed by atoms with Crippen molar-refractivity contribution < 1.29 is 4.79 Å². The van der Waals surface area contributed by atoms with Crippen LogP contribution in [0.5, 0.6) is 0 Å². The second-order valence-electron chi connectivity index (χ2n) is 6.23. The van der Waals surface area contributed by atoms with Crippen LogP contribution in [0.2, 0.25) is 10.0 Å². The van der Waals surface area contributed by atoms with E-state index < -0.39 is 0 Å². The third-order valence-corrected chi connectivity index (χ3v) is 5.51. The Labute approximate surface area is 149 Å². The SMILES string of the molecule is Nc1cc2c(cn1)C1CCC(C2)N1C(=O)Nc1ccc(Cl)c(Cl)c1. The summed E-state index contributed by atoms with van der Waals surface area (Å²) in [6, 6.07) is 7.11. The summed E-state index contributed by atoms with van der Waals surface area (Å²) < 4.78 is 0. The number of hydrogen-bond acceptors (Lipinski definition) is 3. The zero-order chi connectivity index (χ0) is 16.8. The van der Waals surface area contributed by atoms with Gasteiger partial charge in [-0.15, -0.1) is 0 Å². The molecule has 5 nitrogen and oxygen atoms in total. The van der Waals surface area contributed by atoms with Crippen LogP contribution >= 0.6 is 23.2 Å². The van der Waals surface area contributed by atoms with Crippen molar-refractivity contribution in [2.45, 2.75) is 31.3 Å². The van der Waals surface area contributed by atoms with E-state index in [0.29, 0.717) is 21.6 Å². The molecular weight excluding hydrogens is 347 g/mol. The van der Waals surface area contributed by atoms with E-state index in [-0.39, 0.29) is 18.1 Å². The smallest absolute Gasteiger partial charge is 0.322 e. The highest BCUT2D eigenvalue weighted by molar-refractivity contribution is 6.42. The molecule has 0 saturated carbocycles. The van der Waals surface area contributed by atoms with Gasteiger partial charge in [-0.25, -0.2) is 9.78 Å². The zero-order valence-electron chi connectivity index (χ0n) is 12.8. The normalized spacial score (nSPS) is 21.5. The van der Waals surface area contributed by atoms with Crippen molar-refractivity contribution >= 4 is 40.7 Å². The summed E-state index contributed by atoms with van der Waals surface area (Å²) in [5, 5.41) is 3.80. The van der Waals surface area contributed by atoms with Crippen molar-refractivity contribution in [2.24, 2.45) is 0 Å². The van der Waals surface area contributed by atoms with Crippen molar-refractivity contribution in [1.82, 2.24) is 9.88 Å². The van der Waals surface area contributed by atoms with Crippen LogP contribution in [0.4, 0.5) is 16.3 Å². The summed E-state index contributed by atoms with van der Waals surface area (Å²) in [4.78, 5) is 18.9. The number of fused-ring (bicyclic) bond motifs is 4. The summed E-state index contributed by atoms with van der Waals surface area (Å²) in [5.41, 5.74) is 8.72. The first-order valence-corrected chi connectivity index (χ1v) is 8.57. The fraction of sp³-hybridized carbons (Fsp3) is 0.294. The summed E-state index contributed by atoms with van der Waals surface area (Å²) in [5.74, 6) is 0.529. The first-order valence-electron chi connectivity index (χ1n) is 7.81. The van der Waals surface area contributed by atoms with E-state index in [1.807, 2.05) is 11.0 Å². The topological polar surface area (TPSA) is 71.2 Å². The first kappa shape index (κ1) is 15.5. The van der Waals surface area contributed by atoms with Crippen LogP contribution in [0.1, 0.15) is 30.0 Å². The summed E-state index contributed by atoms with van der Waals surface area (Å²) in [7, 11) is 0. The molecule has 0 aliphatic carbocycles. The van der Waals surface area contributed by atoms with Crippen LogP contribution in [0.25, 0.3) is 0 Å². The Morgan fingerprint density at radius 2 is 2.08 bits per heavy atom. The van der Waals surface area contributed by atoms with E-state index in [9.17, 15) is 4.79 Å². The van der Waals surface area contributed by atoms with Crippen LogP contribution in [-0.2, 0) is 6.42 Å². The Balaban J connectivity index is 1.59. The highest BCUT2D eigenvalue weighted by Crippen LogP contribution is 2.44. The number of rotatable bonds is 1. The van der Waals surface area contributed by atoms with Gasteiger partial charge in [-0.1, -0.05) is 23.2 Å². The van der Waals surface area contributed by atoms with Crippen molar-refractivity contribution in [2.75, 3.05) is 11.1 Å². The van der Waals surface area contributed by atoms with Crippen LogP contribution in [0.15, 0.2) is 30.5 Å².